The fourth-order valence-corrected chi connectivity index (χ4v) is 4.97. The number of piperidine rings is 1. The molecule has 0 bridgehead atoms. The molecule has 2 heterocycles. The monoisotopic (exact) mass is 441 g/mol. The molecule has 1 aromatic heterocycles. The lowest BCUT2D eigenvalue weighted by atomic mass is 9.72. The van der Waals surface area contributed by atoms with Gasteiger partial charge >= 0.3 is 6.16 Å². The molecule has 0 amide bonds. The number of carbonyl (C=O) groups is 1. The molecule has 7 heteroatoms. The number of fused-ring (bicyclic) bond motifs is 1. The first-order valence-corrected chi connectivity index (χ1v) is 11.8. The van der Waals surface area contributed by atoms with Gasteiger partial charge in [0.1, 0.15) is 17.7 Å². The van der Waals surface area contributed by atoms with Crippen molar-refractivity contribution >= 4 is 17.1 Å². The summed E-state index contributed by atoms with van der Waals surface area (Å²) in [4.78, 5) is 22.2. The molecule has 0 radical (unpaired) electrons. The predicted molar refractivity (Wildman–Crippen MR) is 123 cm³/mol. The zero-order chi connectivity index (χ0) is 22.7. The SMILES string of the molecule is CC(C)(C)C1CCC(Oc2ccc3nc(CN4CCC(OC(=O)O)CC4)ncc3c2)CC1. The fraction of sp³-hybridized carbons (Fsp3) is 0.640. The molecule has 2 aromatic rings. The van der Waals surface area contributed by atoms with Gasteiger partial charge in [-0.3, -0.25) is 4.90 Å². The second kappa shape index (κ2) is 9.61. The molecule has 0 spiro atoms. The molecule has 1 aliphatic heterocycles. The quantitative estimate of drug-likeness (QED) is 0.633. The molecule has 1 saturated heterocycles. The van der Waals surface area contributed by atoms with Crippen molar-refractivity contribution in [1.82, 2.24) is 14.9 Å². The first-order valence-electron chi connectivity index (χ1n) is 11.8. The summed E-state index contributed by atoms with van der Waals surface area (Å²) < 4.78 is 11.2. The molecule has 1 aromatic carbocycles. The van der Waals surface area contributed by atoms with Crippen LogP contribution in [0.25, 0.3) is 10.9 Å². The fourth-order valence-electron chi connectivity index (χ4n) is 4.97. The van der Waals surface area contributed by atoms with Crippen LogP contribution in [0.3, 0.4) is 0 Å². The van der Waals surface area contributed by atoms with Crippen molar-refractivity contribution in [2.24, 2.45) is 11.3 Å². The lowest BCUT2D eigenvalue weighted by Crippen LogP contribution is -2.37. The van der Waals surface area contributed by atoms with Crippen LogP contribution in [0.5, 0.6) is 5.75 Å². The van der Waals surface area contributed by atoms with Gasteiger partial charge in [-0.25, -0.2) is 14.8 Å². The van der Waals surface area contributed by atoms with Crippen molar-refractivity contribution in [1.29, 1.82) is 0 Å². The van der Waals surface area contributed by atoms with E-state index in [1.807, 2.05) is 24.4 Å². The maximum absolute atomic E-state index is 10.7. The summed E-state index contributed by atoms with van der Waals surface area (Å²) in [6.07, 6.45) is 6.87. The third-order valence-corrected chi connectivity index (χ3v) is 6.97. The van der Waals surface area contributed by atoms with E-state index in [4.69, 9.17) is 19.6 Å². The van der Waals surface area contributed by atoms with E-state index in [0.29, 0.717) is 30.9 Å². The van der Waals surface area contributed by atoms with Crippen LogP contribution in [-0.2, 0) is 11.3 Å². The highest BCUT2D eigenvalue weighted by Gasteiger charge is 2.30. The Morgan fingerprint density at radius 1 is 1.09 bits per heavy atom. The summed E-state index contributed by atoms with van der Waals surface area (Å²) >= 11 is 0. The average Bonchev–Trinajstić information content (AvgIpc) is 2.75. The number of aromatic nitrogens is 2. The van der Waals surface area contributed by atoms with Crippen molar-refractivity contribution in [2.45, 2.75) is 78.0 Å². The Kier molecular flexibility index (Phi) is 6.84. The van der Waals surface area contributed by atoms with Crippen molar-refractivity contribution in [3.63, 3.8) is 0 Å². The van der Waals surface area contributed by atoms with E-state index in [2.05, 4.69) is 30.7 Å². The van der Waals surface area contributed by atoms with Crippen LogP contribution in [0.1, 0.15) is 65.1 Å². The van der Waals surface area contributed by atoms with E-state index >= 15 is 0 Å². The third kappa shape index (κ3) is 5.88. The number of carboxylic acid groups (broad SMARTS) is 1. The van der Waals surface area contributed by atoms with Gasteiger partial charge in [-0.2, -0.15) is 0 Å². The third-order valence-electron chi connectivity index (χ3n) is 6.97. The minimum absolute atomic E-state index is 0.205. The van der Waals surface area contributed by atoms with Gasteiger partial charge < -0.3 is 14.6 Å². The summed E-state index contributed by atoms with van der Waals surface area (Å²) in [5, 5.41) is 9.74. The Labute approximate surface area is 190 Å². The summed E-state index contributed by atoms with van der Waals surface area (Å²) in [5.41, 5.74) is 1.30. The Morgan fingerprint density at radius 3 is 2.47 bits per heavy atom. The van der Waals surface area contributed by atoms with Crippen molar-refractivity contribution in [3.05, 3.63) is 30.2 Å². The van der Waals surface area contributed by atoms with Crippen LogP contribution in [-0.4, -0.2) is 51.4 Å². The van der Waals surface area contributed by atoms with Gasteiger partial charge in [0.25, 0.3) is 0 Å². The minimum Gasteiger partial charge on any atom is -0.490 e. The first-order chi connectivity index (χ1) is 15.3. The molecule has 32 heavy (non-hydrogen) atoms. The number of nitrogens with zero attached hydrogens (tertiary/aromatic N) is 3. The van der Waals surface area contributed by atoms with E-state index < -0.39 is 6.16 Å². The van der Waals surface area contributed by atoms with Crippen molar-refractivity contribution in [2.75, 3.05) is 13.1 Å². The van der Waals surface area contributed by atoms with Crippen molar-refractivity contribution < 1.29 is 19.4 Å². The number of ether oxygens (including phenoxy) is 2. The molecular weight excluding hydrogens is 406 g/mol. The van der Waals surface area contributed by atoms with Gasteiger partial charge in [0, 0.05) is 24.7 Å². The zero-order valence-electron chi connectivity index (χ0n) is 19.4. The Morgan fingerprint density at radius 2 is 1.81 bits per heavy atom. The molecule has 174 valence electrons. The lowest BCUT2D eigenvalue weighted by molar-refractivity contribution is 0.0181. The first kappa shape index (κ1) is 22.8. The topological polar surface area (TPSA) is 84.8 Å². The number of hydrogen-bond acceptors (Lipinski definition) is 6. The van der Waals surface area contributed by atoms with E-state index in [1.165, 1.54) is 12.8 Å². The van der Waals surface area contributed by atoms with E-state index in [-0.39, 0.29) is 6.10 Å². The highest BCUT2D eigenvalue weighted by Crippen LogP contribution is 2.38. The van der Waals surface area contributed by atoms with Crippen LogP contribution < -0.4 is 4.74 Å². The summed E-state index contributed by atoms with van der Waals surface area (Å²) in [6, 6.07) is 6.08. The van der Waals surface area contributed by atoms with E-state index in [0.717, 1.165) is 54.3 Å². The minimum atomic E-state index is -1.19. The number of hydrogen-bond donors (Lipinski definition) is 1. The molecule has 2 aliphatic rings. The summed E-state index contributed by atoms with van der Waals surface area (Å²) in [7, 11) is 0. The maximum atomic E-state index is 10.7. The van der Waals surface area contributed by atoms with Crippen LogP contribution >= 0.6 is 0 Å². The number of rotatable bonds is 5. The van der Waals surface area contributed by atoms with Gasteiger partial charge in [-0.1, -0.05) is 20.8 Å². The average molecular weight is 442 g/mol. The molecule has 1 aliphatic carbocycles. The number of benzene rings is 1. The van der Waals surface area contributed by atoms with Crippen LogP contribution in [0.15, 0.2) is 24.4 Å². The predicted octanol–water partition coefficient (Wildman–Crippen LogP) is 5.27. The normalized spacial score (nSPS) is 23.2. The maximum Gasteiger partial charge on any atom is 0.506 e. The molecule has 1 N–H and O–H groups in total. The Balaban J connectivity index is 1.31. The molecule has 0 atom stereocenters. The van der Waals surface area contributed by atoms with Gasteiger partial charge in [-0.15, -0.1) is 0 Å². The second-order valence-corrected chi connectivity index (χ2v) is 10.3. The molecule has 4 rings (SSSR count). The largest absolute Gasteiger partial charge is 0.506 e. The van der Waals surface area contributed by atoms with Gasteiger partial charge in [0.2, 0.25) is 0 Å². The van der Waals surface area contributed by atoms with E-state index in [1.54, 1.807) is 0 Å². The van der Waals surface area contributed by atoms with E-state index in [9.17, 15) is 4.79 Å². The lowest BCUT2D eigenvalue weighted by Gasteiger charge is -2.36. The molecular formula is C25H35N3O4. The summed E-state index contributed by atoms with van der Waals surface area (Å²) in [6.45, 7) is 9.24. The summed E-state index contributed by atoms with van der Waals surface area (Å²) in [5.74, 6) is 2.46. The highest BCUT2D eigenvalue weighted by molar-refractivity contribution is 5.79. The standard InChI is InChI=1S/C25H35N3O4/c1-25(2,3)18-4-6-19(7-5-18)31-21-8-9-22-17(14-21)15-26-23(27-22)16-28-12-10-20(11-13-28)32-24(29)30/h8-9,14-15,18-20H,4-7,10-13,16H2,1-3H3,(H,29,30). The van der Waals surface area contributed by atoms with Gasteiger partial charge in [0.05, 0.1) is 18.2 Å². The highest BCUT2D eigenvalue weighted by atomic mass is 16.7. The molecule has 7 nitrogen and oxygen atoms in total. The zero-order valence-corrected chi connectivity index (χ0v) is 19.4. The Bertz CT molecular complexity index is 926. The smallest absolute Gasteiger partial charge is 0.490 e. The number of likely N-dealkylation sites (tertiary alicyclic amines) is 1. The van der Waals surface area contributed by atoms with Crippen molar-refractivity contribution in [3.8, 4) is 5.75 Å². The molecule has 2 fully saturated rings. The van der Waals surface area contributed by atoms with Crippen LogP contribution in [0.4, 0.5) is 4.79 Å². The Hall–Kier alpha value is -2.41. The second-order valence-electron chi connectivity index (χ2n) is 10.3. The van der Waals surface area contributed by atoms with Gasteiger partial charge in [0.15, 0.2) is 0 Å². The van der Waals surface area contributed by atoms with Crippen LogP contribution in [0.2, 0.25) is 0 Å². The molecule has 0 unspecified atom stereocenters. The van der Waals surface area contributed by atoms with Gasteiger partial charge in [-0.05, 0) is 68.1 Å². The van der Waals surface area contributed by atoms with Crippen LogP contribution in [0, 0.1) is 11.3 Å². The molecule has 1 saturated carbocycles.